The Kier molecular flexibility index (Phi) is 5.34. The molecule has 1 saturated heterocycles. The quantitative estimate of drug-likeness (QED) is 0.783. The summed E-state index contributed by atoms with van der Waals surface area (Å²) in [4.78, 5) is 10.2. The highest BCUT2D eigenvalue weighted by atomic mass is 32.1. The first-order valence-corrected chi connectivity index (χ1v) is 8.06. The fourth-order valence-electron chi connectivity index (χ4n) is 2.34. The van der Waals surface area contributed by atoms with E-state index in [9.17, 15) is 0 Å². The summed E-state index contributed by atoms with van der Waals surface area (Å²) < 4.78 is 11.0. The third-order valence-electron chi connectivity index (χ3n) is 3.48. The van der Waals surface area contributed by atoms with Gasteiger partial charge in [-0.25, -0.2) is 4.98 Å². The van der Waals surface area contributed by atoms with Crippen LogP contribution in [0.5, 0.6) is 0 Å². The number of ether oxygens (including phenoxy) is 2. The molecule has 0 atom stereocenters. The predicted octanol–water partition coefficient (Wildman–Crippen LogP) is 2.72. The van der Waals surface area contributed by atoms with E-state index in [4.69, 9.17) is 19.9 Å². The van der Waals surface area contributed by atoms with E-state index >= 15 is 0 Å². The normalized spacial score (nSPS) is 15.7. The van der Waals surface area contributed by atoms with Gasteiger partial charge in [-0.05, 0) is 6.92 Å². The largest absolute Gasteiger partial charge is 0.346 e. The van der Waals surface area contributed by atoms with Gasteiger partial charge in [-0.1, -0.05) is 24.3 Å². The van der Waals surface area contributed by atoms with Crippen LogP contribution < -0.4 is 0 Å². The average Bonchev–Trinajstić information content (AvgIpc) is 3.18. The van der Waals surface area contributed by atoms with Crippen LogP contribution in [-0.2, 0) is 20.7 Å². The van der Waals surface area contributed by atoms with E-state index in [0.29, 0.717) is 19.6 Å². The van der Waals surface area contributed by atoms with Gasteiger partial charge in [-0.2, -0.15) is 0 Å². The van der Waals surface area contributed by atoms with Crippen LogP contribution >= 0.6 is 11.3 Å². The Morgan fingerprint density at radius 2 is 1.96 bits per heavy atom. The molecule has 1 aliphatic heterocycles. The smallest absolute Gasteiger partial charge is 0.184 e. The Morgan fingerprint density at radius 1 is 1.26 bits per heavy atom. The van der Waals surface area contributed by atoms with Gasteiger partial charge in [0.25, 0.3) is 0 Å². The van der Waals surface area contributed by atoms with Crippen LogP contribution in [0.3, 0.4) is 0 Å². The first kappa shape index (κ1) is 16.5. The topological polar surface area (TPSA) is 84.3 Å². The summed E-state index contributed by atoms with van der Waals surface area (Å²) in [6.07, 6.45) is 0.290. The molecule has 2 aromatic rings. The van der Waals surface area contributed by atoms with Gasteiger partial charge >= 0.3 is 0 Å². The van der Waals surface area contributed by atoms with Crippen LogP contribution in [0.15, 0.2) is 24.3 Å². The molecule has 0 saturated carbocycles. The maximum absolute atomic E-state index is 8.53. The van der Waals surface area contributed by atoms with Gasteiger partial charge in [0.05, 0.1) is 30.9 Å². The maximum Gasteiger partial charge on any atom is 0.184 e. The van der Waals surface area contributed by atoms with Crippen LogP contribution in [0.1, 0.15) is 22.4 Å². The average molecular weight is 338 g/mol. The SMILES string of the molecule is Cc1nc(-c2ccc(C3OCCO3)cc2)sc1CCON(O)O. The number of nitrogens with zero attached hydrogens (tertiary/aromatic N) is 2. The van der Waals surface area contributed by atoms with Gasteiger partial charge < -0.3 is 9.47 Å². The van der Waals surface area contributed by atoms with Crippen LogP contribution in [0.4, 0.5) is 0 Å². The fraction of sp³-hybridized carbons (Fsp3) is 0.400. The second-order valence-corrected chi connectivity index (χ2v) is 6.14. The number of hydrogen-bond acceptors (Lipinski definition) is 8. The van der Waals surface area contributed by atoms with E-state index in [1.807, 2.05) is 31.2 Å². The van der Waals surface area contributed by atoms with Gasteiger partial charge in [0.2, 0.25) is 0 Å². The van der Waals surface area contributed by atoms with Crippen molar-refractivity contribution in [1.29, 1.82) is 0 Å². The summed E-state index contributed by atoms with van der Waals surface area (Å²) in [6.45, 7) is 3.36. The van der Waals surface area contributed by atoms with Crippen molar-refractivity contribution in [2.75, 3.05) is 19.8 Å². The van der Waals surface area contributed by atoms with E-state index in [1.54, 1.807) is 11.3 Å². The van der Waals surface area contributed by atoms with Crippen LogP contribution in [-0.4, -0.2) is 40.6 Å². The molecule has 2 heterocycles. The monoisotopic (exact) mass is 338 g/mol. The second-order valence-electron chi connectivity index (χ2n) is 5.06. The minimum Gasteiger partial charge on any atom is -0.346 e. The summed E-state index contributed by atoms with van der Waals surface area (Å²) in [5, 5.41) is 17.7. The molecule has 1 aromatic heterocycles. The molecule has 1 aromatic carbocycles. The Bertz CT molecular complexity index is 638. The molecule has 7 nitrogen and oxygen atoms in total. The molecule has 0 spiro atoms. The molecule has 0 bridgehead atoms. The van der Waals surface area contributed by atoms with Gasteiger partial charge in [0.15, 0.2) is 6.29 Å². The zero-order valence-corrected chi connectivity index (χ0v) is 13.5. The molecule has 1 aliphatic rings. The Hall–Kier alpha value is -1.39. The first-order valence-electron chi connectivity index (χ1n) is 7.24. The van der Waals surface area contributed by atoms with Crippen molar-refractivity contribution in [3.63, 3.8) is 0 Å². The van der Waals surface area contributed by atoms with Gasteiger partial charge in [0.1, 0.15) is 5.01 Å². The van der Waals surface area contributed by atoms with E-state index in [0.717, 1.165) is 26.7 Å². The zero-order chi connectivity index (χ0) is 16.2. The summed E-state index contributed by atoms with van der Waals surface area (Å²) >= 11 is 1.57. The maximum atomic E-state index is 8.53. The highest BCUT2D eigenvalue weighted by molar-refractivity contribution is 7.15. The van der Waals surface area contributed by atoms with Crippen molar-refractivity contribution in [3.05, 3.63) is 40.4 Å². The summed E-state index contributed by atoms with van der Waals surface area (Å²) in [5.41, 5.74) is 2.94. The molecule has 1 fully saturated rings. The standard InChI is InChI=1S/C15H18N2O5S/c1-10-13(6-7-22-17(18)19)23-14(16-10)11-2-4-12(5-3-11)15-20-8-9-21-15/h2-5,15,18-19H,6-9H2,1H3. The number of benzene rings is 1. The minimum atomic E-state index is -0.275. The Labute approximate surface area is 137 Å². The fourth-order valence-corrected chi connectivity index (χ4v) is 3.39. The third kappa shape index (κ3) is 4.12. The number of aryl methyl sites for hydroxylation is 1. The lowest BCUT2D eigenvalue weighted by atomic mass is 10.1. The van der Waals surface area contributed by atoms with Gasteiger partial charge in [-0.15, -0.1) is 11.3 Å². The molecule has 0 radical (unpaired) electrons. The van der Waals surface area contributed by atoms with E-state index in [-0.39, 0.29) is 18.3 Å². The lowest BCUT2D eigenvalue weighted by molar-refractivity contribution is -0.492. The third-order valence-corrected chi connectivity index (χ3v) is 4.75. The molecule has 23 heavy (non-hydrogen) atoms. The van der Waals surface area contributed by atoms with Crippen molar-refractivity contribution < 1.29 is 24.7 Å². The van der Waals surface area contributed by atoms with E-state index in [1.165, 1.54) is 0 Å². The molecule has 3 rings (SSSR count). The van der Waals surface area contributed by atoms with Crippen molar-refractivity contribution in [3.8, 4) is 10.6 Å². The Morgan fingerprint density at radius 3 is 2.61 bits per heavy atom. The highest BCUT2D eigenvalue weighted by Crippen LogP contribution is 2.30. The highest BCUT2D eigenvalue weighted by Gasteiger charge is 2.18. The summed E-state index contributed by atoms with van der Waals surface area (Å²) in [7, 11) is 0. The predicted molar refractivity (Wildman–Crippen MR) is 82.0 cm³/mol. The minimum absolute atomic E-state index is 0.171. The molecular weight excluding hydrogens is 320 g/mol. The number of thiazole rings is 1. The lowest BCUT2D eigenvalue weighted by Crippen LogP contribution is -2.16. The van der Waals surface area contributed by atoms with Crippen molar-refractivity contribution in [1.82, 2.24) is 10.4 Å². The second kappa shape index (κ2) is 7.45. The molecule has 2 N–H and O–H groups in total. The van der Waals surface area contributed by atoms with Crippen molar-refractivity contribution in [2.24, 2.45) is 0 Å². The molecular formula is C15H18N2O5S. The molecule has 0 aliphatic carbocycles. The number of rotatable bonds is 6. The Balaban J connectivity index is 1.69. The van der Waals surface area contributed by atoms with Crippen molar-refractivity contribution in [2.45, 2.75) is 19.6 Å². The lowest BCUT2D eigenvalue weighted by Gasteiger charge is -2.09. The summed E-state index contributed by atoms with van der Waals surface area (Å²) in [5.74, 6) is 0. The molecule has 8 heteroatoms. The van der Waals surface area contributed by atoms with Crippen molar-refractivity contribution >= 4 is 11.3 Å². The number of hydrogen-bond donors (Lipinski definition) is 2. The van der Waals surface area contributed by atoms with Gasteiger partial charge in [0, 0.05) is 22.4 Å². The molecule has 0 unspecified atom stereocenters. The van der Waals surface area contributed by atoms with E-state index < -0.39 is 0 Å². The molecule has 0 amide bonds. The molecule has 124 valence electrons. The van der Waals surface area contributed by atoms with Crippen LogP contribution in [0.25, 0.3) is 10.6 Å². The van der Waals surface area contributed by atoms with Crippen LogP contribution in [0, 0.1) is 6.92 Å². The zero-order valence-electron chi connectivity index (χ0n) is 12.6. The van der Waals surface area contributed by atoms with Gasteiger partial charge in [-0.3, -0.25) is 15.3 Å². The summed E-state index contributed by atoms with van der Waals surface area (Å²) in [6, 6.07) is 7.98. The van der Waals surface area contributed by atoms with Crippen LogP contribution in [0.2, 0.25) is 0 Å². The first-order chi connectivity index (χ1) is 11.1. The number of aromatic nitrogens is 1. The van der Waals surface area contributed by atoms with E-state index in [2.05, 4.69) is 9.82 Å².